The molecule has 18 heavy (non-hydrogen) atoms. The van der Waals surface area contributed by atoms with Gasteiger partial charge in [-0.1, -0.05) is 6.07 Å². The first kappa shape index (κ1) is 14.4. The second-order valence-corrected chi connectivity index (χ2v) is 4.82. The van der Waals surface area contributed by atoms with E-state index >= 15 is 0 Å². The maximum absolute atomic E-state index is 11.5. The molecule has 0 saturated heterocycles. The lowest BCUT2D eigenvalue weighted by molar-refractivity contribution is -0.152. The van der Waals surface area contributed by atoms with Gasteiger partial charge in [0, 0.05) is 0 Å². The predicted molar refractivity (Wildman–Crippen MR) is 69.0 cm³/mol. The Kier molecular flexibility index (Phi) is 4.59. The molecule has 0 unspecified atom stereocenters. The minimum atomic E-state index is -0.690. The number of carbonyl (C=O) groups is 1. The highest BCUT2D eigenvalue weighted by molar-refractivity contribution is 5.75. The van der Waals surface area contributed by atoms with Crippen LogP contribution in [0.15, 0.2) is 18.2 Å². The van der Waals surface area contributed by atoms with E-state index in [1.54, 1.807) is 21.0 Å². The Labute approximate surface area is 108 Å². The van der Waals surface area contributed by atoms with E-state index in [1.165, 1.54) is 7.11 Å². The fourth-order valence-electron chi connectivity index (χ4n) is 1.49. The number of methoxy groups -OCH3 is 2. The fraction of sp³-hybridized carbons (Fsp3) is 0.500. The molecule has 0 atom stereocenters. The lowest BCUT2D eigenvalue weighted by Gasteiger charge is -2.22. The van der Waals surface area contributed by atoms with Crippen LogP contribution in [0.5, 0.6) is 11.5 Å². The van der Waals surface area contributed by atoms with Gasteiger partial charge >= 0.3 is 5.97 Å². The summed E-state index contributed by atoms with van der Waals surface area (Å²) in [6.45, 7) is 5.77. The molecule has 1 rings (SSSR count). The number of carbonyl (C=O) groups excluding carboxylic acids is 1. The summed E-state index contributed by atoms with van der Waals surface area (Å²) in [6, 6.07) is 5.66. The van der Waals surface area contributed by atoms with Crippen LogP contribution in [0, 0.1) is 12.3 Å². The lowest BCUT2D eigenvalue weighted by atomic mass is 9.95. The molecule has 100 valence electrons. The second-order valence-electron chi connectivity index (χ2n) is 4.82. The van der Waals surface area contributed by atoms with Gasteiger partial charge in [-0.05, 0) is 38.5 Å². The zero-order chi connectivity index (χ0) is 13.8. The highest BCUT2D eigenvalue weighted by atomic mass is 16.5. The Morgan fingerprint density at radius 3 is 2.44 bits per heavy atom. The smallest absolute Gasteiger partial charge is 0.314 e. The highest BCUT2D eigenvalue weighted by Gasteiger charge is 2.30. The van der Waals surface area contributed by atoms with Crippen molar-refractivity contribution in [3.05, 3.63) is 23.8 Å². The standard InChI is InChI=1S/C14H20O4/c1-10-6-7-11(12(8-10)16-4)18-9-14(2,3)13(15)17-5/h6-8H,9H2,1-5H3. The summed E-state index contributed by atoms with van der Waals surface area (Å²) >= 11 is 0. The van der Waals surface area contributed by atoms with Gasteiger partial charge in [-0.3, -0.25) is 4.79 Å². The summed E-state index contributed by atoms with van der Waals surface area (Å²) in [5, 5.41) is 0. The predicted octanol–water partition coefficient (Wildman–Crippen LogP) is 2.58. The van der Waals surface area contributed by atoms with Crippen molar-refractivity contribution in [1.82, 2.24) is 0 Å². The van der Waals surface area contributed by atoms with Crippen LogP contribution in [0.2, 0.25) is 0 Å². The quantitative estimate of drug-likeness (QED) is 0.755. The summed E-state index contributed by atoms with van der Waals surface area (Å²) < 4.78 is 15.6. The van der Waals surface area contributed by atoms with Crippen molar-refractivity contribution in [2.45, 2.75) is 20.8 Å². The first-order valence-corrected chi connectivity index (χ1v) is 5.76. The van der Waals surface area contributed by atoms with E-state index < -0.39 is 5.41 Å². The minimum absolute atomic E-state index is 0.235. The monoisotopic (exact) mass is 252 g/mol. The molecule has 4 heteroatoms. The average molecular weight is 252 g/mol. The Balaban J connectivity index is 2.77. The van der Waals surface area contributed by atoms with Gasteiger partial charge in [-0.25, -0.2) is 0 Å². The molecule has 0 bridgehead atoms. The van der Waals surface area contributed by atoms with E-state index in [0.29, 0.717) is 11.5 Å². The van der Waals surface area contributed by atoms with Gasteiger partial charge in [0.1, 0.15) is 6.61 Å². The largest absolute Gasteiger partial charge is 0.493 e. The molecule has 0 heterocycles. The molecule has 0 radical (unpaired) electrons. The van der Waals surface area contributed by atoms with Gasteiger partial charge in [-0.2, -0.15) is 0 Å². The van der Waals surface area contributed by atoms with Gasteiger partial charge < -0.3 is 14.2 Å². The molecule has 0 spiro atoms. The van der Waals surface area contributed by atoms with Crippen molar-refractivity contribution in [3.63, 3.8) is 0 Å². The molecule has 0 saturated carbocycles. The molecular weight excluding hydrogens is 232 g/mol. The van der Waals surface area contributed by atoms with Crippen LogP contribution in [0.3, 0.4) is 0 Å². The van der Waals surface area contributed by atoms with Crippen molar-refractivity contribution in [1.29, 1.82) is 0 Å². The Bertz CT molecular complexity index is 424. The maximum atomic E-state index is 11.5. The Hall–Kier alpha value is -1.71. The van der Waals surface area contributed by atoms with E-state index in [9.17, 15) is 4.79 Å². The van der Waals surface area contributed by atoms with Gasteiger partial charge in [0.25, 0.3) is 0 Å². The molecule has 0 aliphatic rings. The zero-order valence-electron chi connectivity index (χ0n) is 11.6. The molecular formula is C14H20O4. The third-order valence-corrected chi connectivity index (χ3v) is 2.65. The van der Waals surface area contributed by atoms with Crippen molar-refractivity contribution in [2.75, 3.05) is 20.8 Å². The zero-order valence-corrected chi connectivity index (χ0v) is 11.6. The summed E-state index contributed by atoms with van der Waals surface area (Å²) in [5.41, 5.74) is 0.399. The summed E-state index contributed by atoms with van der Waals surface area (Å²) in [5.74, 6) is 0.990. The Morgan fingerprint density at radius 2 is 1.89 bits per heavy atom. The van der Waals surface area contributed by atoms with Gasteiger partial charge in [0.05, 0.1) is 19.6 Å². The summed E-state index contributed by atoms with van der Waals surface area (Å²) in [6.07, 6.45) is 0. The van der Waals surface area contributed by atoms with Crippen molar-refractivity contribution < 1.29 is 19.0 Å². The molecule has 0 amide bonds. The minimum Gasteiger partial charge on any atom is -0.493 e. The summed E-state index contributed by atoms with van der Waals surface area (Å²) in [4.78, 5) is 11.5. The van der Waals surface area contributed by atoms with Crippen LogP contribution in [-0.2, 0) is 9.53 Å². The molecule has 0 aromatic heterocycles. The molecule has 0 aliphatic carbocycles. The van der Waals surface area contributed by atoms with Crippen LogP contribution >= 0.6 is 0 Å². The van der Waals surface area contributed by atoms with Crippen LogP contribution in [0.4, 0.5) is 0 Å². The second kappa shape index (κ2) is 5.76. The number of hydrogen-bond acceptors (Lipinski definition) is 4. The first-order valence-electron chi connectivity index (χ1n) is 5.76. The molecule has 0 aliphatic heterocycles. The van der Waals surface area contributed by atoms with E-state index in [4.69, 9.17) is 14.2 Å². The normalized spacial score (nSPS) is 10.9. The fourth-order valence-corrected chi connectivity index (χ4v) is 1.49. The van der Waals surface area contributed by atoms with E-state index in [0.717, 1.165) is 5.56 Å². The first-order chi connectivity index (χ1) is 8.40. The van der Waals surface area contributed by atoms with Crippen LogP contribution in [0.25, 0.3) is 0 Å². The van der Waals surface area contributed by atoms with Crippen molar-refractivity contribution >= 4 is 5.97 Å². The molecule has 0 fully saturated rings. The van der Waals surface area contributed by atoms with E-state index in [2.05, 4.69) is 0 Å². The molecule has 0 N–H and O–H groups in total. The highest BCUT2D eigenvalue weighted by Crippen LogP contribution is 2.29. The number of hydrogen-bond donors (Lipinski definition) is 0. The van der Waals surface area contributed by atoms with Crippen LogP contribution < -0.4 is 9.47 Å². The number of aryl methyl sites for hydroxylation is 1. The van der Waals surface area contributed by atoms with Crippen molar-refractivity contribution in [3.8, 4) is 11.5 Å². The summed E-state index contributed by atoms with van der Waals surface area (Å²) in [7, 11) is 2.96. The number of benzene rings is 1. The number of esters is 1. The molecule has 4 nitrogen and oxygen atoms in total. The third kappa shape index (κ3) is 3.39. The SMILES string of the molecule is COC(=O)C(C)(C)COc1ccc(C)cc1OC. The van der Waals surface area contributed by atoms with Gasteiger partial charge in [0.15, 0.2) is 11.5 Å². The number of rotatable bonds is 5. The third-order valence-electron chi connectivity index (χ3n) is 2.65. The van der Waals surface area contributed by atoms with Gasteiger partial charge in [-0.15, -0.1) is 0 Å². The topological polar surface area (TPSA) is 44.8 Å². The van der Waals surface area contributed by atoms with Crippen LogP contribution in [-0.4, -0.2) is 26.8 Å². The lowest BCUT2D eigenvalue weighted by Crippen LogP contribution is -2.32. The molecule has 1 aromatic rings. The average Bonchev–Trinajstić information content (AvgIpc) is 2.36. The van der Waals surface area contributed by atoms with E-state index in [-0.39, 0.29) is 12.6 Å². The van der Waals surface area contributed by atoms with E-state index in [1.807, 2.05) is 25.1 Å². The maximum Gasteiger partial charge on any atom is 0.314 e. The Morgan fingerprint density at radius 1 is 1.22 bits per heavy atom. The van der Waals surface area contributed by atoms with Crippen molar-refractivity contribution in [2.24, 2.45) is 5.41 Å². The molecule has 1 aromatic carbocycles. The number of ether oxygens (including phenoxy) is 3. The van der Waals surface area contributed by atoms with Gasteiger partial charge in [0.2, 0.25) is 0 Å². The van der Waals surface area contributed by atoms with Crippen LogP contribution in [0.1, 0.15) is 19.4 Å².